The fourth-order valence-corrected chi connectivity index (χ4v) is 2.43. The third kappa shape index (κ3) is 4.33. The molecule has 3 heteroatoms. The van der Waals surface area contributed by atoms with E-state index < -0.39 is 6.10 Å². The Balaban J connectivity index is 1.92. The van der Waals surface area contributed by atoms with Crippen LogP contribution >= 0.6 is 0 Å². The predicted octanol–water partition coefficient (Wildman–Crippen LogP) is 3.66. The van der Waals surface area contributed by atoms with Crippen LogP contribution in [0.2, 0.25) is 0 Å². The Kier molecular flexibility index (Phi) is 5.58. The van der Waals surface area contributed by atoms with Crippen molar-refractivity contribution in [2.75, 3.05) is 6.54 Å². The van der Waals surface area contributed by atoms with E-state index in [4.69, 9.17) is 4.74 Å². The van der Waals surface area contributed by atoms with Crippen LogP contribution in [0.15, 0.2) is 42.5 Å². The normalized spacial score (nSPS) is 13.7. The number of aliphatic hydroxyl groups is 1. The van der Waals surface area contributed by atoms with Gasteiger partial charge < -0.3 is 9.84 Å². The second kappa shape index (κ2) is 7.43. The zero-order valence-corrected chi connectivity index (χ0v) is 13.8. The molecule has 0 amide bonds. The van der Waals surface area contributed by atoms with Gasteiger partial charge in [-0.1, -0.05) is 36.4 Å². The smallest absolute Gasteiger partial charge is 0.147 e. The van der Waals surface area contributed by atoms with Gasteiger partial charge in [0.2, 0.25) is 0 Å². The molecule has 0 saturated carbocycles. The van der Waals surface area contributed by atoms with Crippen LogP contribution in [0.1, 0.15) is 35.3 Å². The lowest BCUT2D eigenvalue weighted by Crippen LogP contribution is -2.34. The van der Waals surface area contributed by atoms with E-state index in [0.29, 0.717) is 6.54 Å². The number of aryl methyl sites for hydroxylation is 2. The quantitative estimate of drug-likeness (QED) is 0.800. The van der Waals surface area contributed by atoms with E-state index in [-0.39, 0.29) is 6.23 Å². The van der Waals surface area contributed by atoms with Crippen molar-refractivity contribution in [3.05, 3.63) is 64.7 Å². The van der Waals surface area contributed by atoms with Crippen molar-refractivity contribution in [1.82, 2.24) is 5.32 Å². The molecule has 0 fully saturated rings. The molecule has 0 aromatic heterocycles. The molecule has 2 aromatic carbocycles. The molecule has 0 heterocycles. The summed E-state index contributed by atoms with van der Waals surface area (Å²) in [6.07, 6.45) is -0.703. The Morgan fingerprint density at radius 1 is 1.09 bits per heavy atom. The van der Waals surface area contributed by atoms with Crippen LogP contribution in [-0.2, 0) is 0 Å². The predicted molar refractivity (Wildman–Crippen MR) is 90.1 cm³/mol. The average Bonchev–Trinajstić information content (AvgIpc) is 2.50. The monoisotopic (exact) mass is 299 g/mol. The van der Waals surface area contributed by atoms with Crippen molar-refractivity contribution >= 4 is 0 Å². The highest BCUT2D eigenvalue weighted by Gasteiger charge is 2.11. The number of nitrogens with one attached hydrogen (secondary N) is 1. The van der Waals surface area contributed by atoms with Crippen LogP contribution in [0.4, 0.5) is 0 Å². The van der Waals surface area contributed by atoms with Gasteiger partial charge in [-0.2, -0.15) is 0 Å². The average molecular weight is 299 g/mol. The van der Waals surface area contributed by atoms with Crippen LogP contribution in [0, 0.1) is 20.8 Å². The fraction of sp³-hybridized carbons (Fsp3) is 0.368. The molecule has 2 aromatic rings. The summed E-state index contributed by atoms with van der Waals surface area (Å²) in [6, 6.07) is 13.8. The highest BCUT2D eigenvalue weighted by atomic mass is 16.5. The van der Waals surface area contributed by atoms with Gasteiger partial charge in [-0.05, 0) is 56.0 Å². The molecule has 0 aliphatic rings. The second-order valence-electron chi connectivity index (χ2n) is 5.80. The van der Waals surface area contributed by atoms with E-state index >= 15 is 0 Å². The molecule has 0 radical (unpaired) electrons. The molecule has 2 N–H and O–H groups in total. The molecule has 118 valence electrons. The molecule has 22 heavy (non-hydrogen) atoms. The Morgan fingerprint density at radius 2 is 1.77 bits per heavy atom. The van der Waals surface area contributed by atoms with Crippen LogP contribution in [0.25, 0.3) is 0 Å². The van der Waals surface area contributed by atoms with Crippen molar-refractivity contribution < 1.29 is 9.84 Å². The summed E-state index contributed by atoms with van der Waals surface area (Å²) in [5.41, 5.74) is 4.48. The van der Waals surface area contributed by atoms with Gasteiger partial charge in [0.25, 0.3) is 0 Å². The first-order valence-electron chi connectivity index (χ1n) is 7.68. The van der Waals surface area contributed by atoms with Crippen molar-refractivity contribution in [2.24, 2.45) is 0 Å². The first-order chi connectivity index (χ1) is 10.5. The van der Waals surface area contributed by atoms with Crippen LogP contribution in [0.3, 0.4) is 0 Å². The Morgan fingerprint density at radius 3 is 2.45 bits per heavy atom. The molecular formula is C19H25NO2. The van der Waals surface area contributed by atoms with E-state index in [1.807, 2.05) is 43.3 Å². The van der Waals surface area contributed by atoms with Crippen molar-refractivity contribution in [3.63, 3.8) is 0 Å². The Hall–Kier alpha value is -1.84. The molecule has 0 aliphatic carbocycles. The van der Waals surface area contributed by atoms with E-state index in [9.17, 15) is 5.11 Å². The molecule has 0 aliphatic heterocycles. The van der Waals surface area contributed by atoms with Crippen molar-refractivity contribution in [3.8, 4) is 5.75 Å². The first-order valence-corrected chi connectivity index (χ1v) is 7.68. The maximum atomic E-state index is 10.2. The second-order valence-corrected chi connectivity index (χ2v) is 5.80. The van der Waals surface area contributed by atoms with Crippen LogP contribution in [-0.4, -0.2) is 17.9 Å². The van der Waals surface area contributed by atoms with Crippen LogP contribution < -0.4 is 10.1 Å². The summed E-state index contributed by atoms with van der Waals surface area (Å²) < 4.78 is 5.97. The number of aliphatic hydroxyl groups excluding tert-OH is 1. The van der Waals surface area contributed by atoms with Gasteiger partial charge >= 0.3 is 0 Å². The summed E-state index contributed by atoms with van der Waals surface area (Å²) in [5, 5.41) is 13.4. The van der Waals surface area contributed by atoms with Gasteiger partial charge in [-0.25, -0.2) is 0 Å². The van der Waals surface area contributed by atoms with Crippen LogP contribution in [0.5, 0.6) is 5.75 Å². The number of benzene rings is 2. The SMILES string of the molecule is Cc1cc(C)c(C)c(OC(C)NCC(O)c2ccccc2)c1. The minimum atomic E-state index is -0.535. The molecule has 2 rings (SSSR count). The molecule has 3 nitrogen and oxygen atoms in total. The van der Waals surface area contributed by atoms with Gasteiger partial charge in [0.1, 0.15) is 12.0 Å². The minimum Gasteiger partial charge on any atom is -0.475 e. The first kappa shape index (κ1) is 16.5. The minimum absolute atomic E-state index is 0.168. The summed E-state index contributed by atoms with van der Waals surface area (Å²) >= 11 is 0. The Bertz CT molecular complexity index is 610. The molecule has 0 spiro atoms. The fourth-order valence-electron chi connectivity index (χ4n) is 2.43. The summed E-state index contributed by atoms with van der Waals surface area (Å²) in [6.45, 7) is 8.63. The van der Waals surface area contributed by atoms with Gasteiger partial charge in [0.05, 0.1) is 6.10 Å². The van der Waals surface area contributed by atoms with Gasteiger partial charge in [-0.3, -0.25) is 5.32 Å². The lowest BCUT2D eigenvalue weighted by Gasteiger charge is -2.21. The zero-order chi connectivity index (χ0) is 16.1. The van der Waals surface area contributed by atoms with Crippen molar-refractivity contribution in [2.45, 2.75) is 40.0 Å². The summed E-state index contributed by atoms with van der Waals surface area (Å²) in [7, 11) is 0. The van der Waals surface area contributed by atoms with Gasteiger partial charge in [-0.15, -0.1) is 0 Å². The summed E-state index contributed by atoms with van der Waals surface area (Å²) in [4.78, 5) is 0. The summed E-state index contributed by atoms with van der Waals surface area (Å²) in [5.74, 6) is 0.895. The molecular weight excluding hydrogens is 274 g/mol. The lowest BCUT2D eigenvalue weighted by atomic mass is 10.1. The lowest BCUT2D eigenvalue weighted by molar-refractivity contribution is 0.127. The number of hydrogen-bond donors (Lipinski definition) is 2. The zero-order valence-electron chi connectivity index (χ0n) is 13.8. The standard InChI is InChI=1S/C19H25NO2/c1-13-10-14(2)15(3)19(11-13)22-16(4)20-12-18(21)17-8-6-5-7-9-17/h5-11,16,18,20-21H,12H2,1-4H3. The van der Waals surface area contributed by atoms with E-state index in [0.717, 1.165) is 16.9 Å². The molecule has 2 unspecified atom stereocenters. The molecule has 2 atom stereocenters. The largest absolute Gasteiger partial charge is 0.475 e. The van der Waals surface area contributed by atoms with E-state index in [2.05, 4.69) is 32.2 Å². The van der Waals surface area contributed by atoms with E-state index in [1.54, 1.807) is 0 Å². The van der Waals surface area contributed by atoms with Crippen molar-refractivity contribution in [1.29, 1.82) is 0 Å². The molecule has 0 bridgehead atoms. The topological polar surface area (TPSA) is 41.5 Å². The number of ether oxygens (including phenoxy) is 1. The third-order valence-corrected chi connectivity index (χ3v) is 3.85. The van der Waals surface area contributed by atoms with Gasteiger partial charge in [0.15, 0.2) is 0 Å². The number of rotatable bonds is 6. The maximum absolute atomic E-state index is 10.2. The third-order valence-electron chi connectivity index (χ3n) is 3.85. The Labute approximate surface area is 133 Å². The van der Waals surface area contributed by atoms with Gasteiger partial charge in [0, 0.05) is 6.54 Å². The van der Waals surface area contributed by atoms with E-state index in [1.165, 1.54) is 11.1 Å². The highest BCUT2D eigenvalue weighted by Crippen LogP contribution is 2.24. The maximum Gasteiger partial charge on any atom is 0.147 e. The molecule has 0 saturated heterocycles. The number of hydrogen-bond acceptors (Lipinski definition) is 3. The highest BCUT2D eigenvalue weighted by molar-refractivity contribution is 5.42.